The molecule has 102 valence electrons. The zero-order valence-electron chi connectivity index (χ0n) is 12.2. The Labute approximate surface area is 108 Å². The number of unbranched alkanes of at least 4 members (excludes halogenated alkanes) is 4. The van der Waals surface area contributed by atoms with Crippen molar-refractivity contribution in [3.8, 4) is 0 Å². The molecule has 0 atom stereocenters. The largest absolute Gasteiger partial charge is 0.317 e. The Morgan fingerprint density at radius 1 is 1.06 bits per heavy atom. The van der Waals surface area contributed by atoms with Crippen LogP contribution in [0.2, 0.25) is 0 Å². The third-order valence-electron chi connectivity index (χ3n) is 3.26. The average Bonchev–Trinajstić information content (AvgIpc) is 2.31. The van der Waals surface area contributed by atoms with Crippen molar-refractivity contribution in [3.63, 3.8) is 0 Å². The molecule has 0 heterocycles. The normalized spacial score (nSPS) is 11.4. The molecule has 2 nitrogen and oxygen atoms in total. The molecule has 0 unspecified atom stereocenters. The highest BCUT2D eigenvalue weighted by Gasteiger charge is 2.01. The van der Waals surface area contributed by atoms with E-state index in [1.807, 2.05) is 6.08 Å². The summed E-state index contributed by atoms with van der Waals surface area (Å²) < 4.78 is 0. The topological polar surface area (TPSA) is 15.3 Å². The number of allylic oxidation sites excluding steroid dienone is 1. The molecule has 0 spiro atoms. The Balaban J connectivity index is 3.06. The van der Waals surface area contributed by atoms with Gasteiger partial charge in [-0.05, 0) is 72.6 Å². The summed E-state index contributed by atoms with van der Waals surface area (Å²) in [5.41, 5.74) is 0. The van der Waals surface area contributed by atoms with Crippen molar-refractivity contribution in [2.45, 2.75) is 58.4 Å². The highest BCUT2D eigenvalue weighted by Crippen LogP contribution is 1.99. The summed E-state index contributed by atoms with van der Waals surface area (Å²) in [5, 5.41) is 3.52. The van der Waals surface area contributed by atoms with Crippen molar-refractivity contribution in [1.82, 2.24) is 10.2 Å². The van der Waals surface area contributed by atoms with Gasteiger partial charge >= 0.3 is 0 Å². The van der Waals surface area contributed by atoms with Gasteiger partial charge in [0.2, 0.25) is 0 Å². The van der Waals surface area contributed by atoms with Crippen LogP contribution in [0.15, 0.2) is 12.7 Å². The SMILES string of the molecule is C=CCCCCCNCCCCN(C)C(C)C. The molecule has 0 aromatic carbocycles. The van der Waals surface area contributed by atoms with E-state index in [0.29, 0.717) is 6.04 Å². The van der Waals surface area contributed by atoms with E-state index in [0.717, 1.165) is 0 Å². The maximum atomic E-state index is 3.74. The lowest BCUT2D eigenvalue weighted by atomic mass is 10.2. The van der Waals surface area contributed by atoms with Gasteiger partial charge in [-0.2, -0.15) is 0 Å². The molecular weight excluding hydrogens is 208 g/mol. The summed E-state index contributed by atoms with van der Waals surface area (Å²) in [6.07, 6.45) is 9.71. The Morgan fingerprint density at radius 2 is 1.71 bits per heavy atom. The van der Waals surface area contributed by atoms with Crippen LogP contribution in [-0.4, -0.2) is 37.6 Å². The van der Waals surface area contributed by atoms with Gasteiger partial charge in [-0.25, -0.2) is 0 Å². The predicted octanol–water partition coefficient (Wildman–Crippen LogP) is 3.44. The number of hydrogen-bond donors (Lipinski definition) is 1. The van der Waals surface area contributed by atoms with E-state index in [9.17, 15) is 0 Å². The Bertz CT molecular complexity index is 166. The summed E-state index contributed by atoms with van der Waals surface area (Å²) >= 11 is 0. The highest BCUT2D eigenvalue weighted by atomic mass is 15.1. The molecule has 0 saturated heterocycles. The van der Waals surface area contributed by atoms with Gasteiger partial charge in [-0.15, -0.1) is 6.58 Å². The molecule has 0 fully saturated rings. The Kier molecular flexibility index (Phi) is 11.9. The number of hydrogen-bond acceptors (Lipinski definition) is 2. The fourth-order valence-corrected chi connectivity index (χ4v) is 1.71. The molecule has 0 rings (SSSR count). The van der Waals surface area contributed by atoms with Gasteiger partial charge in [-0.3, -0.25) is 0 Å². The minimum absolute atomic E-state index is 0.674. The smallest absolute Gasteiger partial charge is 0.00355 e. The molecule has 2 heteroatoms. The first-order chi connectivity index (χ1) is 8.18. The van der Waals surface area contributed by atoms with Gasteiger partial charge in [0, 0.05) is 6.04 Å². The fourth-order valence-electron chi connectivity index (χ4n) is 1.71. The molecule has 1 N–H and O–H groups in total. The molecule has 0 aromatic rings. The molecule has 0 amide bonds. The summed E-state index contributed by atoms with van der Waals surface area (Å²) in [4.78, 5) is 2.41. The van der Waals surface area contributed by atoms with Crippen LogP contribution >= 0.6 is 0 Å². The van der Waals surface area contributed by atoms with Gasteiger partial charge < -0.3 is 10.2 Å². The van der Waals surface area contributed by atoms with E-state index in [-0.39, 0.29) is 0 Å². The number of nitrogens with zero attached hydrogens (tertiary/aromatic N) is 1. The molecule has 0 aliphatic heterocycles. The predicted molar refractivity (Wildman–Crippen MR) is 78.5 cm³/mol. The van der Waals surface area contributed by atoms with E-state index >= 15 is 0 Å². The van der Waals surface area contributed by atoms with Crippen LogP contribution in [0.1, 0.15) is 52.4 Å². The standard InChI is InChI=1S/C15H32N2/c1-5-6-7-8-9-12-16-13-10-11-14-17(4)15(2)3/h5,15-16H,1,6-14H2,2-4H3. The quantitative estimate of drug-likeness (QED) is 0.415. The van der Waals surface area contributed by atoms with Crippen molar-refractivity contribution in [2.24, 2.45) is 0 Å². The van der Waals surface area contributed by atoms with E-state index in [1.54, 1.807) is 0 Å². The summed E-state index contributed by atoms with van der Waals surface area (Å²) in [7, 11) is 2.21. The minimum atomic E-state index is 0.674. The first-order valence-electron chi connectivity index (χ1n) is 7.20. The maximum Gasteiger partial charge on any atom is 0.00355 e. The van der Waals surface area contributed by atoms with Gasteiger partial charge in [0.15, 0.2) is 0 Å². The van der Waals surface area contributed by atoms with E-state index in [4.69, 9.17) is 0 Å². The Morgan fingerprint density at radius 3 is 2.29 bits per heavy atom. The van der Waals surface area contributed by atoms with E-state index < -0.39 is 0 Å². The molecule has 0 aromatic heterocycles. The van der Waals surface area contributed by atoms with Crippen LogP contribution in [0.3, 0.4) is 0 Å². The zero-order valence-corrected chi connectivity index (χ0v) is 12.2. The lowest BCUT2D eigenvalue weighted by Gasteiger charge is -2.20. The van der Waals surface area contributed by atoms with Crippen LogP contribution in [0, 0.1) is 0 Å². The van der Waals surface area contributed by atoms with E-state index in [2.05, 4.69) is 37.7 Å². The van der Waals surface area contributed by atoms with Gasteiger partial charge in [0.1, 0.15) is 0 Å². The second-order valence-electron chi connectivity index (χ2n) is 5.17. The second kappa shape index (κ2) is 12.1. The lowest BCUT2D eigenvalue weighted by Crippen LogP contribution is -2.28. The van der Waals surface area contributed by atoms with Crippen molar-refractivity contribution < 1.29 is 0 Å². The minimum Gasteiger partial charge on any atom is -0.317 e. The van der Waals surface area contributed by atoms with Gasteiger partial charge in [-0.1, -0.05) is 12.5 Å². The van der Waals surface area contributed by atoms with Crippen LogP contribution in [0.4, 0.5) is 0 Å². The molecular formula is C15H32N2. The summed E-state index contributed by atoms with van der Waals surface area (Å²) in [6, 6.07) is 0.674. The van der Waals surface area contributed by atoms with Crippen molar-refractivity contribution in [2.75, 3.05) is 26.7 Å². The average molecular weight is 240 g/mol. The number of rotatable bonds is 12. The van der Waals surface area contributed by atoms with Gasteiger partial charge in [0.25, 0.3) is 0 Å². The zero-order chi connectivity index (χ0) is 12.9. The fraction of sp³-hybridized carbons (Fsp3) is 0.867. The van der Waals surface area contributed by atoms with Crippen LogP contribution in [-0.2, 0) is 0 Å². The summed E-state index contributed by atoms with van der Waals surface area (Å²) in [5.74, 6) is 0. The van der Waals surface area contributed by atoms with E-state index in [1.165, 1.54) is 58.2 Å². The van der Waals surface area contributed by atoms with Crippen molar-refractivity contribution in [3.05, 3.63) is 12.7 Å². The molecule has 0 aliphatic rings. The summed E-state index contributed by atoms with van der Waals surface area (Å²) in [6.45, 7) is 11.8. The lowest BCUT2D eigenvalue weighted by molar-refractivity contribution is 0.268. The Hall–Kier alpha value is -0.340. The maximum absolute atomic E-state index is 3.74. The van der Waals surface area contributed by atoms with Crippen LogP contribution < -0.4 is 5.32 Å². The first-order valence-corrected chi connectivity index (χ1v) is 7.20. The van der Waals surface area contributed by atoms with Crippen molar-refractivity contribution in [1.29, 1.82) is 0 Å². The van der Waals surface area contributed by atoms with Crippen LogP contribution in [0.25, 0.3) is 0 Å². The molecule has 0 saturated carbocycles. The monoisotopic (exact) mass is 240 g/mol. The third kappa shape index (κ3) is 11.9. The first kappa shape index (κ1) is 16.7. The third-order valence-corrected chi connectivity index (χ3v) is 3.26. The van der Waals surface area contributed by atoms with Crippen molar-refractivity contribution >= 4 is 0 Å². The molecule has 0 bridgehead atoms. The highest BCUT2D eigenvalue weighted by molar-refractivity contribution is 4.65. The molecule has 0 aliphatic carbocycles. The molecule has 0 radical (unpaired) electrons. The number of nitrogens with one attached hydrogen (secondary N) is 1. The second-order valence-corrected chi connectivity index (χ2v) is 5.17. The van der Waals surface area contributed by atoms with Crippen LogP contribution in [0.5, 0.6) is 0 Å². The molecule has 17 heavy (non-hydrogen) atoms. The van der Waals surface area contributed by atoms with Gasteiger partial charge in [0.05, 0.1) is 0 Å².